The fraction of sp³-hybridized carbons (Fsp3) is 0.438. The van der Waals surface area contributed by atoms with E-state index in [0.717, 1.165) is 37.0 Å². The standard InChI is InChI=1S/C16H21BrN2OS/c1-20-7-6-18-10-14(9-16-11-21-12-19-16)8-13-2-4-15(17)5-3-13/h2-5,11-12,14,18H,6-10H2,1H3. The van der Waals surface area contributed by atoms with E-state index in [4.69, 9.17) is 4.74 Å². The molecule has 114 valence electrons. The maximum absolute atomic E-state index is 5.08. The van der Waals surface area contributed by atoms with Gasteiger partial charge in [-0.2, -0.15) is 0 Å². The summed E-state index contributed by atoms with van der Waals surface area (Å²) in [5.41, 5.74) is 4.47. The number of methoxy groups -OCH3 is 1. The molecule has 0 radical (unpaired) electrons. The van der Waals surface area contributed by atoms with E-state index in [1.807, 2.05) is 5.51 Å². The molecule has 1 N–H and O–H groups in total. The molecule has 0 spiro atoms. The highest BCUT2D eigenvalue weighted by molar-refractivity contribution is 9.10. The molecular formula is C16H21BrN2OS. The van der Waals surface area contributed by atoms with Crippen LogP contribution >= 0.6 is 27.3 Å². The van der Waals surface area contributed by atoms with Crippen LogP contribution < -0.4 is 5.32 Å². The predicted molar refractivity (Wildman–Crippen MR) is 91.9 cm³/mol. The maximum Gasteiger partial charge on any atom is 0.0794 e. The van der Waals surface area contributed by atoms with Crippen molar-refractivity contribution in [3.05, 3.63) is 50.9 Å². The van der Waals surface area contributed by atoms with Crippen LogP contribution in [0.15, 0.2) is 39.6 Å². The molecule has 1 aromatic carbocycles. The Labute approximate surface area is 138 Å². The zero-order valence-corrected chi connectivity index (χ0v) is 14.6. The van der Waals surface area contributed by atoms with Gasteiger partial charge in [0.05, 0.1) is 17.8 Å². The van der Waals surface area contributed by atoms with Crippen molar-refractivity contribution in [2.45, 2.75) is 12.8 Å². The van der Waals surface area contributed by atoms with Crippen molar-refractivity contribution in [2.24, 2.45) is 5.92 Å². The molecule has 2 aromatic rings. The molecule has 1 unspecified atom stereocenters. The number of benzene rings is 1. The second-order valence-electron chi connectivity index (χ2n) is 5.08. The zero-order chi connectivity index (χ0) is 14.9. The molecular weight excluding hydrogens is 348 g/mol. The summed E-state index contributed by atoms with van der Waals surface area (Å²) < 4.78 is 6.21. The van der Waals surface area contributed by atoms with Gasteiger partial charge in [0.15, 0.2) is 0 Å². The first kappa shape index (κ1) is 16.6. The normalized spacial score (nSPS) is 12.5. The Morgan fingerprint density at radius 1 is 1.29 bits per heavy atom. The third-order valence-electron chi connectivity index (χ3n) is 3.33. The summed E-state index contributed by atoms with van der Waals surface area (Å²) in [4.78, 5) is 4.41. The highest BCUT2D eigenvalue weighted by atomic mass is 79.9. The smallest absolute Gasteiger partial charge is 0.0794 e. The fourth-order valence-corrected chi connectivity index (χ4v) is 3.12. The van der Waals surface area contributed by atoms with Crippen LogP contribution in [-0.4, -0.2) is 31.8 Å². The lowest BCUT2D eigenvalue weighted by Gasteiger charge is -2.17. The van der Waals surface area contributed by atoms with Gasteiger partial charge < -0.3 is 10.1 Å². The zero-order valence-electron chi connectivity index (χ0n) is 12.2. The number of hydrogen-bond acceptors (Lipinski definition) is 4. The molecule has 0 aliphatic heterocycles. The minimum atomic E-state index is 0.546. The van der Waals surface area contributed by atoms with E-state index in [1.165, 1.54) is 11.3 Å². The molecule has 5 heteroatoms. The molecule has 0 fully saturated rings. The van der Waals surface area contributed by atoms with E-state index in [-0.39, 0.29) is 0 Å². The van der Waals surface area contributed by atoms with Gasteiger partial charge in [-0.25, -0.2) is 4.98 Å². The maximum atomic E-state index is 5.08. The number of ether oxygens (including phenoxy) is 1. The van der Waals surface area contributed by atoms with Crippen LogP contribution in [0.4, 0.5) is 0 Å². The van der Waals surface area contributed by atoms with Crippen LogP contribution in [0, 0.1) is 5.92 Å². The van der Waals surface area contributed by atoms with E-state index in [1.54, 1.807) is 18.4 Å². The fourth-order valence-electron chi connectivity index (χ4n) is 2.28. The van der Waals surface area contributed by atoms with Gasteiger partial charge in [-0.15, -0.1) is 11.3 Å². The lowest BCUT2D eigenvalue weighted by molar-refractivity contribution is 0.197. The number of thiazole rings is 1. The van der Waals surface area contributed by atoms with E-state index < -0.39 is 0 Å². The molecule has 0 bridgehead atoms. The summed E-state index contributed by atoms with van der Waals surface area (Å²) in [6.07, 6.45) is 2.07. The number of halogens is 1. The topological polar surface area (TPSA) is 34.1 Å². The van der Waals surface area contributed by atoms with Crippen molar-refractivity contribution in [1.82, 2.24) is 10.3 Å². The van der Waals surface area contributed by atoms with Crippen molar-refractivity contribution in [3.8, 4) is 0 Å². The van der Waals surface area contributed by atoms with Gasteiger partial charge >= 0.3 is 0 Å². The summed E-state index contributed by atoms with van der Waals surface area (Å²) in [5.74, 6) is 0.546. The van der Waals surface area contributed by atoms with Gasteiger partial charge in [0.2, 0.25) is 0 Å². The second-order valence-corrected chi connectivity index (χ2v) is 6.71. The molecule has 0 saturated carbocycles. The van der Waals surface area contributed by atoms with Crippen molar-refractivity contribution in [1.29, 1.82) is 0 Å². The Morgan fingerprint density at radius 3 is 2.76 bits per heavy atom. The first-order valence-electron chi connectivity index (χ1n) is 7.09. The first-order valence-corrected chi connectivity index (χ1v) is 8.82. The number of hydrogen-bond donors (Lipinski definition) is 1. The average molecular weight is 369 g/mol. The molecule has 1 aromatic heterocycles. The second kappa shape index (κ2) is 9.30. The van der Waals surface area contributed by atoms with Crippen molar-refractivity contribution in [3.63, 3.8) is 0 Å². The predicted octanol–water partition coefficient (Wildman–Crippen LogP) is 3.54. The Balaban J connectivity index is 1.91. The third-order valence-corrected chi connectivity index (χ3v) is 4.50. The average Bonchev–Trinajstić information content (AvgIpc) is 2.99. The highest BCUT2D eigenvalue weighted by Crippen LogP contribution is 2.17. The van der Waals surface area contributed by atoms with Crippen LogP contribution in [0.3, 0.4) is 0 Å². The van der Waals surface area contributed by atoms with Crippen molar-refractivity contribution >= 4 is 27.3 Å². The van der Waals surface area contributed by atoms with Gasteiger partial charge in [0, 0.05) is 23.5 Å². The van der Waals surface area contributed by atoms with Gasteiger partial charge in [-0.1, -0.05) is 28.1 Å². The van der Waals surface area contributed by atoms with E-state index in [9.17, 15) is 0 Å². The largest absolute Gasteiger partial charge is 0.383 e. The summed E-state index contributed by atoms with van der Waals surface area (Å²) >= 11 is 5.15. The van der Waals surface area contributed by atoms with Crippen molar-refractivity contribution in [2.75, 3.05) is 26.8 Å². The lowest BCUT2D eigenvalue weighted by atomic mass is 9.95. The van der Waals surface area contributed by atoms with Crippen LogP contribution in [0.25, 0.3) is 0 Å². The van der Waals surface area contributed by atoms with Gasteiger partial charge in [0.1, 0.15) is 0 Å². The van der Waals surface area contributed by atoms with Gasteiger partial charge in [-0.05, 0) is 43.0 Å². The monoisotopic (exact) mass is 368 g/mol. The number of aromatic nitrogens is 1. The Kier molecular flexibility index (Phi) is 7.36. The SMILES string of the molecule is COCCNCC(Cc1ccc(Br)cc1)Cc1cscn1. The molecule has 1 heterocycles. The Bertz CT molecular complexity index is 502. The quantitative estimate of drug-likeness (QED) is 0.687. The van der Waals surface area contributed by atoms with E-state index in [2.05, 4.69) is 55.9 Å². The minimum Gasteiger partial charge on any atom is -0.383 e. The van der Waals surface area contributed by atoms with Crippen molar-refractivity contribution < 1.29 is 4.74 Å². The number of rotatable bonds is 9. The van der Waals surface area contributed by atoms with E-state index in [0.29, 0.717) is 5.92 Å². The molecule has 0 saturated heterocycles. The van der Waals surface area contributed by atoms with Gasteiger partial charge in [-0.3, -0.25) is 0 Å². The van der Waals surface area contributed by atoms with Crippen LogP contribution in [-0.2, 0) is 17.6 Å². The molecule has 0 aliphatic rings. The number of nitrogens with one attached hydrogen (secondary N) is 1. The summed E-state index contributed by atoms with van der Waals surface area (Å²) in [6.45, 7) is 2.63. The first-order chi connectivity index (χ1) is 10.3. The minimum absolute atomic E-state index is 0.546. The summed E-state index contributed by atoms with van der Waals surface area (Å²) in [7, 11) is 1.73. The lowest BCUT2D eigenvalue weighted by Crippen LogP contribution is -2.28. The molecule has 2 rings (SSSR count). The molecule has 3 nitrogen and oxygen atoms in total. The molecule has 0 amide bonds. The molecule has 0 aliphatic carbocycles. The molecule has 1 atom stereocenters. The van der Waals surface area contributed by atoms with E-state index >= 15 is 0 Å². The third kappa shape index (κ3) is 6.26. The Hall–Kier alpha value is -0.750. The van der Waals surface area contributed by atoms with Crippen LogP contribution in [0.2, 0.25) is 0 Å². The van der Waals surface area contributed by atoms with Crippen LogP contribution in [0.5, 0.6) is 0 Å². The highest BCUT2D eigenvalue weighted by Gasteiger charge is 2.12. The Morgan fingerprint density at radius 2 is 2.10 bits per heavy atom. The summed E-state index contributed by atoms with van der Waals surface area (Å²) in [6, 6.07) is 8.59. The van der Waals surface area contributed by atoms with Gasteiger partial charge in [0.25, 0.3) is 0 Å². The van der Waals surface area contributed by atoms with Crippen LogP contribution in [0.1, 0.15) is 11.3 Å². The number of nitrogens with zero attached hydrogens (tertiary/aromatic N) is 1. The molecule has 21 heavy (non-hydrogen) atoms. The summed E-state index contributed by atoms with van der Waals surface area (Å²) in [5, 5.41) is 5.61.